The van der Waals surface area contributed by atoms with Crippen molar-refractivity contribution in [1.82, 2.24) is 0 Å². The summed E-state index contributed by atoms with van der Waals surface area (Å²) >= 11 is 1.16. The molecule has 0 spiro atoms. The molecule has 0 heterocycles. The molecule has 13 heavy (non-hydrogen) atoms. The molecule has 0 saturated heterocycles. The van der Waals surface area contributed by atoms with Gasteiger partial charge in [-0.3, -0.25) is 0 Å². The summed E-state index contributed by atoms with van der Waals surface area (Å²) in [5.74, 6) is -0.283. The molecular formula is C10H11FOS. The summed E-state index contributed by atoms with van der Waals surface area (Å²) in [4.78, 5) is 1.04. The minimum Gasteiger partial charge on any atom is -0.388 e. The molecule has 3 heteroatoms. The maximum Gasteiger partial charge on any atom is 0.137 e. The van der Waals surface area contributed by atoms with Crippen LogP contribution in [0.15, 0.2) is 40.6 Å². The van der Waals surface area contributed by atoms with E-state index in [9.17, 15) is 4.39 Å². The molecule has 1 nitrogen and oxygen atoms in total. The Morgan fingerprint density at radius 1 is 1.54 bits per heavy atom. The van der Waals surface area contributed by atoms with Crippen LogP contribution in [0.1, 0.15) is 6.92 Å². The SMILES string of the molecule is C=C(Sc1ccccc1F)C(C)O. The van der Waals surface area contributed by atoms with Gasteiger partial charge in [-0.15, -0.1) is 0 Å². The highest BCUT2D eigenvalue weighted by atomic mass is 32.2. The third-order valence-corrected chi connectivity index (χ3v) is 2.70. The molecule has 1 unspecified atom stereocenters. The number of thioether (sulfide) groups is 1. The van der Waals surface area contributed by atoms with Crippen LogP contribution in [0.5, 0.6) is 0 Å². The fraction of sp³-hybridized carbons (Fsp3) is 0.200. The lowest BCUT2D eigenvalue weighted by Crippen LogP contribution is -1.99. The van der Waals surface area contributed by atoms with E-state index < -0.39 is 6.10 Å². The molecule has 1 rings (SSSR count). The lowest BCUT2D eigenvalue weighted by Gasteiger charge is -2.07. The average Bonchev–Trinajstić information content (AvgIpc) is 2.08. The first-order valence-corrected chi connectivity index (χ1v) is 4.72. The molecule has 0 aliphatic rings. The van der Waals surface area contributed by atoms with Crippen LogP contribution in [0.3, 0.4) is 0 Å². The summed E-state index contributed by atoms with van der Waals surface area (Å²) in [5, 5.41) is 9.13. The van der Waals surface area contributed by atoms with Crippen molar-refractivity contribution >= 4 is 11.8 Å². The van der Waals surface area contributed by atoms with E-state index in [4.69, 9.17) is 5.11 Å². The molecule has 0 fully saturated rings. The molecule has 70 valence electrons. The van der Waals surface area contributed by atoms with Gasteiger partial charge in [0, 0.05) is 9.80 Å². The second-order valence-corrected chi connectivity index (χ2v) is 3.84. The van der Waals surface area contributed by atoms with E-state index >= 15 is 0 Å². The largest absolute Gasteiger partial charge is 0.388 e. The van der Waals surface area contributed by atoms with Crippen LogP contribution in [0, 0.1) is 5.82 Å². The van der Waals surface area contributed by atoms with Crippen molar-refractivity contribution in [3.8, 4) is 0 Å². The molecule has 1 atom stereocenters. The smallest absolute Gasteiger partial charge is 0.137 e. The molecule has 1 N–H and O–H groups in total. The summed E-state index contributed by atoms with van der Waals surface area (Å²) in [7, 11) is 0. The fourth-order valence-electron chi connectivity index (χ4n) is 0.754. The van der Waals surface area contributed by atoms with Crippen molar-refractivity contribution < 1.29 is 9.50 Å². The van der Waals surface area contributed by atoms with Gasteiger partial charge in [0.2, 0.25) is 0 Å². The summed E-state index contributed by atoms with van der Waals surface area (Å²) in [6.07, 6.45) is -0.621. The third-order valence-electron chi connectivity index (χ3n) is 1.54. The van der Waals surface area contributed by atoms with Crippen molar-refractivity contribution in [1.29, 1.82) is 0 Å². The van der Waals surface area contributed by atoms with Gasteiger partial charge in [0.15, 0.2) is 0 Å². The minimum absolute atomic E-state index is 0.283. The van der Waals surface area contributed by atoms with Crippen LogP contribution in [0.2, 0.25) is 0 Å². The van der Waals surface area contributed by atoms with Crippen LogP contribution in [0.4, 0.5) is 4.39 Å². The maximum atomic E-state index is 13.1. The topological polar surface area (TPSA) is 20.2 Å². The van der Waals surface area contributed by atoms with Gasteiger partial charge in [0.05, 0.1) is 6.10 Å². The first kappa shape index (κ1) is 10.3. The fourth-order valence-corrected chi connectivity index (χ4v) is 1.52. The molecule has 0 radical (unpaired) electrons. The van der Waals surface area contributed by atoms with E-state index in [-0.39, 0.29) is 5.82 Å². The zero-order valence-electron chi connectivity index (χ0n) is 7.33. The molecule has 1 aromatic rings. The van der Waals surface area contributed by atoms with Crippen LogP contribution < -0.4 is 0 Å². The minimum atomic E-state index is -0.621. The second kappa shape index (κ2) is 4.44. The van der Waals surface area contributed by atoms with Gasteiger partial charge in [-0.1, -0.05) is 30.5 Å². The Labute approximate surface area is 81.3 Å². The van der Waals surface area contributed by atoms with Crippen molar-refractivity contribution in [2.24, 2.45) is 0 Å². The van der Waals surface area contributed by atoms with Gasteiger partial charge < -0.3 is 5.11 Å². The monoisotopic (exact) mass is 198 g/mol. The standard InChI is InChI=1S/C10H11FOS/c1-7(12)8(2)13-10-6-4-3-5-9(10)11/h3-7,12H,2H2,1H3. The quantitative estimate of drug-likeness (QED) is 0.754. The van der Waals surface area contributed by atoms with Crippen molar-refractivity contribution in [2.45, 2.75) is 17.9 Å². The Kier molecular flexibility index (Phi) is 3.51. The highest BCUT2D eigenvalue weighted by Gasteiger charge is 2.07. The Hall–Kier alpha value is -0.800. The predicted molar refractivity (Wildman–Crippen MR) is 53.1 cm³/mol. The molecule has 0 aromatic heterocycles. The molecular weight excluding hydrogens is 187 g/mol. The van der Waals surface area contributed by atoms with E-state index in [1.807, 2.05) is 0 Å². The molecule has 0 saturated carbocycles. The average molecular weight is 198 g/mol. The molecule has 0 bridgehead atoms. The zero-order valence-corrected chi connectivity index (χ0v) is 8.14. The Bertz CT molecular complexity index is 310. The summed E-state index contributed by atoms with van der Waals surface area (Å²) < 4.78 is 13.1. The lowest BCUT2D eigenvalue weighted by molar-refractivity contribution is 0.241. The number of halogens is 1. The lowest BCUT2D eigenvalue weighted by atomic mass is 10.3. The number of hydrogen-bond acceptors (Lipinski definition) is 2. The van der Waals surface area contributed by atoms with Crippen molar-refractivity contribution in [3.05, 3.63) is 41.6 Å². The summed E-state index contributed by atoms with van der Waals surface area (Å²) in [6, 6.07) is 6.43. The van der Waals surface area contributed by atoms with Crippen LogP contribution in [0.25, 0.3) is 0 Å². The number of rotatable bonds is 3. The maximum absolute atomic E-state index is 13.1. The van der Waals surface area contributed by atoms with Gasteiger partial charge in [-0.2, -0.15) is 0 Å². The highest BCUT2D eigenvalue weighted by Crippen LogP contribution is 2.29. The number of benzene rings is 1. The highest BCUT2D eigenvalue weighted by molar-refractivity contribution is 8.03. The van der Waals surface area contributed by atoms with Crippen molar-refractivity contribution in [2.75, 3.05) is 0 Å². The van der Waals surface area contributed by atoms with Gasteiger partial charge >= 0.3 is 0 Å². The molecule has 0 aliphatic carbocycles. The summed E-state index contributed by atoms with van der Waals surface area (Å²) in [6.45, 7) is 5.24. The van der Waals surface area contributed by atoms with E-state index in [1.165, 1.54) is 6.07 Å². The number of hydrogen-bond donors (Lipinski definition) is 1. The van der Waals surface area contributed by atoms with E-state index in [1.54, 1.807) is 25.1 Å². The first-order chi connectivity index (χ1) is 6.11. The summed E-state index contributed by atoms with van der Waals surface area (Å²) in [5.41, 5.74) is 0. The van der Waals surface area contributed by atoms with Crippen molar-refractivity contribution in [3.63, 3.8) is 0 Å². The van der Waals surface area contributed by atoms with Gasteiger partial charge in [0.25, 0.3) is 0 Å². The molecule has 1 aromatic carbocycles. The number of aliphatic hydroxyl groups is 1. The van der Waals surface area contributed by atoms with Crippen LogP contribution in [-0.4, -0.2) is 11.2 Å². The van der Waals surface area contributed by atoms with E-state index in [0.717, 1.165) is 11.8 Å². The van der Waals surface area contributed by atoms with Crippen LogP contribution >= 0.6 is 11.8 Å². The number of aliphatic hydroxyl groups excluding tert-OH is 1. The zero-order chi connectivity index (χ0) is 9.84. The predicted octanol–water partition coefficient (Wildman–Crippen LogP) is 2.81. The van der Waals surface area contributed by atoms with E-state index in [0.29, 0.717) is 9.80 Å². The van der Waals surface area contributed by atoms with Gasteiger partial charge in [-0.25, -0.2) is 4.39 Å². The van der Waals surface area contributed by atoms with Crippen LogP contribution in [-0.2, 0) is 0 Å². The van der Waals surface area contributed by atoms with E-state index in [2.05, 4.69) is 6.58 Å². The van der Waals surface area contributed by atoms with Gasteiger partial charge in [0.1, 0.15) is 5.82 Å². The Morgan fingerprint density at radius 3 is 2.69 bits per heavy atom. The second-order valence-electron chi connectivity index (χ2n) is 2.67. The third kappa shape index (κ3) is 2.86. The normalized spacial score (nSPS) is 12.5. The molecule has 0 aliphatic heterocycles. The first-order valence-electron chi connectivity index (χ1n) is 3.90. The Balaban J connectivity index is 2.75. The van der Waals surface area contributed by atoms with Gasteiger partial charge in [-0.05, 0) is 19.1 Å². The Morgan fingerprint density at radius 2 is 2.15 bits per heavy atom. The molecule has 0 amide bonds.